The first-order chi connectivity index (χ1) is 13.6. The molecule has 0 heterocycles. The molecule has 0 bridgehead atoms. The van der Waals surface area contributed by atoms with Crippen molar-refractivity contribution in [3.63, 3.8) is 0 Å². The molecular weight excluding hydrogens is 354 g/mol. The van der Waals surface area contributed by atoms with E-state index in [1.54, 1.807) is 20.2 Å². The fourth-order valence-corrected chi connectivity index (χ4v) is 2.70. The summed E-state index contributed by atoms with van der Waals surface area (Å²) in [6.07, 6.45) is 0.687. The van der Waals surface area contributed by atoms with Crippen molar-refractivity contribution >= 4 is 5.96 Å². The fraction of sp³-hybridized carbons (Fsp3) is 0.409. The van der Waals surface area contributed by atoms with Gasteiger partial charge in [-0.25, -0.2) is 0 Å². The van der Waals surface area contributed by atoms with E-state index in [0.717, 1.165) is 18.1 Å². The number of rotatable bonds is 10. The molecule has 0 amide bonds. The van der Waals surface area contributed by atoms with Gasteiger partial charge >= 0.3 is 0 Å². The molecule has 0 radical (unpaired) electrons. The number of guanidine groups is 1. The lowest BCUT2D eigenvalue weighted by molar-refractivity contribution is 0.0931. The number of nitrogens with one attached hydrogen (secondary N) is 2. The molecule has 6 heteroatoms. The van der Waals surface area contributed by atoms with Gasteiger partial charge in [-0.2, -0.15) is 0 Å². The number of phenolic OH excluding ortho intramolecular Hbond substituents is 1. The summed E-state index contributed by atoms with van der Waals surface area (Å²) < 4.78 is 10.9. The minimum atomic E-state index is 0.244. The number of aromatic hydroxyl groups is 1. The third kappa shape index (κ3) is 7.48. The normalized spacial score (nSPS) is 12.5. The summed E-state index contributed by atoms with van der Waals surface area (Å²) >= 11 is 0. The molecule has 2 rings (SSSR count). The minimum absolute atomic E-state index is 0.244. The Bertz CT molecular complexity index is 735. The molecule has 2 aromatic carbocycles. The van der Waals surface area contributed by atoms with Crippen LogP contribution in [0.25, 0.3) is 0 Å². The molecule has 0 aromatic heterocycles. The standard InChI is InChI=1S/C22H31N3O3/c1-17(15-28-16-18-7-5-4-6-8-18)14-25-22(23-2)24-12-11-19-9-10-20(27-3)13-21(19)26/h4-10,13,17,26H,11-12,14-16H2,1-3H3,(H2,23,24,25). The Morgan fingerprint density at radius 2 is 1.93 bits per heavy atom. The van der Waals surface area contributed by atoms with Crippen LogP contribution in [0.15, 0.2) is 53.5 Å². The molecule has 28 heavy (non-hydrogen) atoms. The van der Waals surface area contributed by atoms with Gasteiger partial charge in [0, 0.05) is 26.2 Å². The molecule has 6 nitrogen and oxygen atoms in total. The second-order valence-corrected chi connectivity index (χ2v) is 6.73. The summed E-state index contributed by atoms with van der Waals surface area (Å²) in [6, 6.07) is 15.5. The highest BCUT2D eigenvalue weighted by Crippen LogP contribution is 2.23. The molecule has 0 saturated heterocycles. The largest absolute Gasteiger partial charge is 0.508 e. The van der Waals surface area contributed by atoms with Crippen molar-refractivity contribution in [3.05, 3.63) is 59.7 Å². The Morgan fingerprint density at radius 1 is 1.14 bits per heavy atom. The fourth-order valence-electron chi connectivity index (χ4n) is 2.70. The molecule has 1 atom stereocenters. The Balaban J connectivity index is 1.65. The van der Waals surface area contributed by atoms with E-state index in [-0.39, 0.29) is 5.75 Å². The third-order valence-electron chi connectivity index (χ3n) is 4.33. The second-order valence-electron chi connectivity index (χ2n) is 6.73. The zero-order valence-corrected chi connectivity index (χ0v) is 16.9. The number of benzene rings is 2. The Hall–Kier alpha value is -2.73. The summed E-state index contributed by atoms with van der Waals surface area (Å²) in [4.78, 5) is 4.24. The van der Waals surface area contributed by atoms with Gasteiger partial charge in [0.25, 0.3) is 0 Å². The van der Waals surface area contributed by atoms with Crippen LogP contribution in [0, 0.1) is 5.92 Å². The lowest BCUT2D eigenvalue weighted by Crippen LogP contribution is -2.40. The molecule has 2 aromatic rings. The van der Waals surface area contributed by atoms with Crippen LogP contribution in [-0.2, 0) is 17.8 Å². The quantitative estimate of drug-likeness (QED) is 0.433. The number of phenols is 1. The summed E-state index contributed by atoms with van der Waals surface area (Å²) in [5.41, 5.74) is 2.05. The van der Waals surface area contributed by atoms with Gasteiger partial charge in [0.15, 0.2) is 5.96 Å². The smallest absolute Gasteiger partial charge is 0.190 e. The van der Waals surface area contributed by atoms with Crippen LogP contribution in [0.2, 0.25) is 0 Å². The number of methoxy groups -OCH3 is 1. The SMILES string of the molecule is CN=C(NCCc1ccc(OC)cc1O)NCC(C)COCc1ccccc1. The van der Waals surface area contributed by atoms with E-state index in [9.17, 15) is 5.11 Å². The molecule has 1 unspecified atom stereocenters. The van der Waals surface area contributed by atoms with Crippen LogP contribution in [-0.4, -0.2) is 44.9 Å². The van der Waals surface area contributed by atoms with Gasteiger partial charge in [0.05, 0.1) is 20.3 Å². The average Bonchev–Trinajstić information content (AvgIpc) is 2.72. The molecule has 0 saturated carbocycles. The van der Waals surface area contributed by atoms with Crippen LogP contribution in [0.5, 0.6) is 11.5 Å². The van der Waals surface area contributed by atoms with Crippen LogP contribution < -0.4 is 15.4 Å². The first kappa shape index (κ1) is 21.6. The lowest BCUT2D eigenvalue weighted by Gasteiger charge is -2.16. The first-order valence-electron chi connectivity index (χ1n) is 9.54. The third-order valence-corrected chi connectivity index (χ3v) is 4.33. The second kappa shape index (κ2) is 11.9. The molecular formula is C22H31N3O3. The lowest BCUT2D eigenvalue weighted by atomic mass is 10.1. The van der Waals surface area contributed by atoms with Crippen molar-refractivity contribution in [2.24, 2.45) is 10.9 Å². The molecule has 0 spiro atoms. The first-order valence-corrected chi connectivity index (χ1v) is 9.54. The average molecular weight is 386 g/mol. The van der Waals surface area contributed by atoms with Crippen molar-refractivity contribution in [1.82, 2.24) is 10.6 Å². The number of hydrogen-bond acceptors (Lipinski definition) is 4. The predicted molar refractivity (Wildman–Crippen MR) is 113 cm³/mol. The highest BCUT2D eigenvalue weighted by Gasteiger charge is 2.06. The maximum Gasteiger partial charge on any atom is 0.190 e. The monoisotopic (exact) mass is 385 g/mol. The maximum absolute atomic E-state index is 10.0. The van der Waals surface area contributed by atoms with Gasteiger partial charge in [-0.1, -0.05) is 43.3 Å². The van der Waals surface area contributed by atoms with Crippen LogP contribution in [0.4, 0.5) is 0 Å². The maximum atomic E-state index is 10.0. The van der Waals surface area contributed by atoms with E-state index in [2.05, 4.69) is 34.7 Å². The summed E-state index contributed by atoms with van der Waals surface area (Å²) in [6.45, 7) is 4.88. The zero-order valence-electron chi connectivity index (χ0n) is 16.9. The highest BCUT2D eigenvalue weighted by molar-refractivity contribution is 5.79. The van der Waals surface area contributed by atoms with Crippen molar-refractivity contribution in [3.8, 4) is 11.5 Å². The van der Waals surface area contributed by atoms with Crippen LogP contribution in [0.1, 0.15) is 18.1 Å². The van der Waals surface area contributed by atoms with Crippen molar-refractivity contribution in [1.29, 1.82) is 0 Å². The van der Waals surface area contributed by atoms with E-state index in [4.69, 9.17) is 9.47 Å². The number of nitrogens with zero attached hydrogens (tertiary/aromatic N) is 1. The molecule has 0 aliphatic carbocycles. The Kier molecular flexibility index (Phi) is 9.15. The van der Waals surface area contributed by atoms with Gasteiger partial charge in [-0.15, -0.1) is 0 Å². The van der Waals surface area contributed by atoms with Gasteiger partial charge < -0.3 is 25.2 Å². The van der Waals surface area contributed by atoms with E-state index in [1.165, 1.54) is 5.56 Å². The van der Waals surface area contributed by atoms with E-state index >= 15 is 0 Å². The topological polar surface area (TPSA) is 75.1 Å². The Morgan fingerprint density at radius 3 is 2.61 bits per heavy atom. The number of ether oxygens (including phenoxy) is 2. The predicted octanol–water partition coefficient (Wildman–Crippen LogP) is 2.96. The molecule has 152 valence electrons. The van der Waals surface area contributed by atoms with Gasteiger partial charge in [0.1, 0.15) is 11.5 Å². The molecule has 0 fully saturated rings. The minimum Gasteiger partial charge on any atom is -0.508 e. The number of hydrogen-bond donors (Lipinski definition) is 3. The molecule has 0 aliphatic heterocycles. The summed E-state index contributed by atoms with van der Waals surface area (Å²) in [5, 5.41) is 16.6. The number of aliphatic imine (C=N–C) groups is 1. The van der Waals surface area contributed by atoms with Crippen LogP contribution >= 0.6 is 0 Å². The highest BCUT2D eigenvalue weighted by atomic mass is 16.5. The van der Waals surface area contributed by atoms with Crippen molar-refractivity contribution in [2.45, 2.75) is 20.0 Å². The van der Waals surface area contributed by atoms with E-state index in [0.29, 0.717) is 37.8 Å². The van der Waals surface area contributed by atoms with Crippen molar-refractivity contribution in [2.75, 3.05) is 33.9 Å². The Labute approximate surface area is 167 Å². The van der Waals surface area contributed by atoms with Gasteiger partial charge in [0.2, 0.25) is 0 Å². The summed E-state index contributed by atoms with van der Waals surface area (Å²) in [5.74, 6) is 1.99. The zero-order chi connectivity index (χ0) is 20.2. The van der Waals surface area contributed by atoms with Gasteiger partial charge in [-0.3, -0.25) is 4.99 Å². The summed E-state index contributed by atoms with van der Waals surface area (Å²) in [7, 11) is 3.33. The molecule has 0 aliphatic rings. The van der Waals surface area contributed by atoms with Crippen LogP contribution in [0.3, 0.4) is 0 Å². The molecule has 3 N–H and O–H groups in total. The van der Waals surface area contributed by atoms with E-state index in [1.807, 2.05) is 30.3 Å². The van der Waals surface area contributed by atoms with E-state index < -0.39 is 0 Å². The van der Waals surface area contributed by atoms with Gasteiger partial charge in [-0.05, 0) is 29.5 Å². The van der Waals surface area contributed by atoms with Crippen molar-refractivity contribution < 1.29 is 14.6 Å².